The van der Waals surface area contributed by atoms with Crippen LogP contribution in [-0.2, 0) is 34.0 Å². The van der Waals surface area contributed by atoms with Crippen molar-refractivity contribution in [2.75, 3.05) is 18.6 Å². The number of fused-ring (bicyclic) bond motifs is 1. The Balaban J connectivity index is 1.93. The molecule has 0 N–H and O–H groups in total. The Bertz CT molecular complexity index is 1920. The maximum atomic E-state index is 15.4. The van der Waals surface area contributed by atoms with Crippen molar-refractivity contribution < 1.29 is 43.2 Å². The molecule has 0 saturated heterocycles. The van der Waals surface area contributed by atoms with Gasteiger partial charge < -0.3 is 14.2 Å². The lowest BCUT2D eigenvalue weighted by Gasteiger charge is -2.39. The van der Waals surface area contributed by atoms with Crippen LogP contribution in [0.2, 0.25) is 0 Å². The van der Waals surface area contributed by atoms with Crippen molar-refractivity contribution in [1.82, 2.24) is 0 Å². The molecule has 5 rings (SSSR count). The molecule has 3 aromatic carbocycles. The number of rotatable bonds is 10. The quantitative estimate of drug-likeness (QED) is 0.0773. The molecule has 2 aliphatic rings. The van der Waals surface area contributed by atoms with Crippen molar-refractivity contribution in [3.63, 3.8) is 0 Å². The van der Waals surface area contributed by atoms with Crippen molar-refractivity contribution in [1.29, 1.82) is 0 Å². The normalized spacial score (nSPS) is 24.0. The Kier molecular flexibility index (Phi) is 10.6. The highest BCUT2D eigenvalue weighted by Crippen LogP contribution is 2.63. The molecule has 3 aromatic rings. The van der Waals surface area contributed by atoms with E-state index in [1.165, 1.54) is 36.4 Å². The molecule has 1 aliphatic heterocycles. The summed E-state index contributed by atoms with van der Waals surface area (Å²) in [5.41, 5.74) is -2.87. The Morgan fingerprint density at radius 3 is 2.19 bits per heavy atom. The maximum absolute atomic E-state index is 15.4. The monoisotopic (exact) mass is 713 g/mol. The van der Waals surface area contributed by atoms with Gasteiger partial charge in [-0.15, -0.1) is 0 Å². The van der Waals surface area contributed by atoms with Crippen LogP contribution in [0.5, 0.6) is 0 Å². The topological polar surface area (TPSA) is 185 Å². The summed E-state index contributed by atoms with van der Waals surface area (Å²) in [4.78, 5) is 81.2. The van der Waals surface area contributed by atoms with Crippen LogP contribution in [0.25, 0.3) is 0 Å². The molecule has 2 amide bonds. The van der Waals surface area contributed by atoms with Gasteiger partial charge in [-0.1, -0.05) is 72.8 Å². The summed E-state index contributed by atoms with van der Waals surface area (Å²) in [5.74, 6) is -7.56. The van der Waals surface area contributed by atoms with Crippen LogP contribution in [0.4, 0.5) is 16.2 Å². The van der Waals surface area contributed by atoms with Crippen LogP contribution < -0.4 is 4.90 Å². The lowest BCUT2D eigenvalue weighted by Crippen LogP contribution is -2.54. The fourth-order valence-electron chi connectivity index (χ4n) is 7.96. The average molecular weight is 714 g/mol. The molecular formula is C38H39N3O11. The molecule has 0 aromatic heterocycles. The highest BCUT2D eigenvalue weighted by Gasteiger charge is 2.71. The van der Waals surface area contributed by atoms with Crippen LogP contribution >= 0.6 is 0 Å². The molecule has 1 saturated carbocycles. The van der Waals surface area contributed by atoms with Crippen molar-refractivity contribution in [3.05, 3.63) is 128 Å². The zero-order valence-electron chi connectivity index (χ0n) is 29.3. The Morgan fingerprint density at radius 1 is 0.942 bits per heavy atom. The third kappa shape index (κ3) is 6.63. The maximum Gasteiger partial charge on any atom is 0.421 e. The molecule has 0 spiro atoms. The Morgan fingerprint density at radius 2 is 1.58 bits per heavy atom. The molecule has 6 atom stereocenters. The van der Waals surface area contributed by atoms with E-state index in [2.05, 4.69) is 0 Å². The largest absolute Gasteiger partial charge is 0.466 e. The Labute approximate surface area is 299 Å². The van der Waals surface area contributed by atoms with Crippen LogP contribution in [0.1, 0.15) is 56.7 Å². The highest BCUT2D eigenvalue weighted by atomic mass is 16.6. The van der Waals surface area contributed by atoms with Crippen LogP contribution in [0, 0.1) is 38.0 Å². The molecule has 52 heavy (non-hydrogen) atoms. The summed E-state index contributed by atoms with van der Waals surface area (Å²) in [7, 11) is 1.14. The smallest absolute Gasteiger partial charge is 0.421 e. The van der Waals surface area contributed by atoms with E-state index in [1.807, 2.05) is 0 Å². The van der Waals surface area contributed by atoms with E-state index >= 15 is 4.79 Å². The third-order valence-corrected chi connectivity index (χ3v) is 9.62. The second-order valence-electron chi connectivity index (χ2n) is 13.6. The minimum atomic E-state index is -2.03. The molecule has 272 valence electrons. The number of hydrogen-bond donors (Lipinski definition) is 0. The van der Waals surface area contributed by atoms with E-state index < -0.39 is 86.6 Å². The molecule has 1 aliphatic carbocycles. The first-order valence-corrected chi connectivity index (χ1v) is 16.7. The number of nitro groups is 2. The van der Waals surface area contributed by atoms with E-state index in [9.17, 15) is 34.6 Å². The summed E-state index contributed by atoms with van der Waals surface area (Å²) >= 11 is 0. The van der Waals surface area contributed by atoms with Crippen LogP contribution in [0.15, 0.2) is 91.0 Å². The van der Waals surface area contributed by atoms with Gasteiger partial charge in [-0.25, -0.2) is 14.5 Å². The first-order chi connectivity index (χ1) is 24.7. The molecular weight excluding hydrogens is 674 g/mol. The number of amides is 2. The van der Waals surface area contributed by atoms with Gasteiger partial charge in [-0.2, -0.15) is 0 Å². The average Bonchev–Trinajstić information content (AvgIpc) is 3.55. The fourth-order valence-corrected chi connectivity index (χ4v) is 7.96. The lowest BCUT2D eigenvalue weighted by atomic mass is 9.60. The van der Waals surface area contributed by atoms with Crippen molar-refractivity contribution in [3.8, 4) is 0 Å². The predicted octanol–water partition coefficient (Wildman–Crippen LogP) is 6.14. The van der Waals surface area contributed by atoms with Gasteiger partial charge in [-0.3, -0.25) is 29.8 Å². The first kappa shape index (κ1) is 37.3. The van der Waals surface area contributed by atoms with Crippen LogP contribution in [-0.4, -0.2) is 59.1 Å². The molecule has 14 heteroatoms. The van der Waals surface area contributed by atoms with E-state index in [-0.39, 0.29) is 29.0 Å². The zero-order chi connectivity index (χ0) is 38.0. The van der Waals surface area contributed by atoms with Gasteiger partial charge in [0.25, 0.3) is 11.6 Å². The number of para-hydroxylation sites is 2. The number of benzene rings is 3. The van der Waals surface area contributed by atoms with Gasteiger partial charge in [0.15, 0.2) is 0 Å². The molecule has 1 fully saturated rings. The molecule has 1 heterocycles. The summed E-state index contributed by atoms with van der Waals surface area (Å²) < 4.78 is 15.9. The van der Waals surface area contributed by atoms with Gasteiger partial charge in [-0.05, 0) is 56.7 Å². The lowest BCUT2D eigenvalue weighted by molar-refractivity contribution is -0.534. The number of allylic oxidation sites excluding steroid dienone is 1. The summed E-state index contributed by atoms with van der Waals surface area (Å²) in [6.07, 6.45) is 0.907. The highest BCUT2D eigenvalue weighted by molar-refractivity contribution is 6.22. The van der Waals surface area contributed by atoms with E-state index in [1.54, 1.807) is 76.2 Å². The van der Waals surface area contributed by atoms with E-state index in [4.69, 9.17) is 14.2 Å². The number of methoxy groups -OCH3 is 1. The van der Waals surface area contributed by atoms with Gasteiger partial charge >= 0.3 is 18.0 Å². The van der Waals surface area contributed by atoms with Crippen LogP contribution in [0.3, 0.4) is 0 Å². The Hall–Kier alpha value is -5.92. The number of hydrogen-bond acceptors (Lipinski definition) is 11. The van der Waals surface area contributed by atoms with E-state index in [0.717, 1.165) is 18.1 Å². The standard InChI is InChI=1S/C38H39N3O11/c1-6-51-31(43)22-26-24(20-21-30(42)50-5)32(25-16-10-12-18-28(25)40(46)47)34(41(48)49)33(26)38(23-14-8-7-9-15-23)27-17-11-13-19-29(27)39(35(38)44)36(45)52-37(2,3)4/h7-21,24,26,32-34H,6,22H2,1-5H3/b21-20+/t24-,26-,32-,33+,34+,38-/m0/s1. The van der Waals surface area contributed by atoms with Crippen molar-refractivity contribution in [2.45, 2.75) is 57.1 Å². The summed E-state index contributed by atoms with van der Waals surface area (Å²) in [6, 6.07) is 18.3. The third-order valence-electron chi connectivity index (χ3n) is 9.62. The predicted molar refractivity (Wildman–Crippen MR) is 187 cm³/mol. The molecule has 14 nitrogen and oxygen atoms in total. The van der Waals surface area contributed by atoms with Gasteiger partial charge in [0.2, 0.25) is 6.04 Å². The molecule has 0 bridgehead atoms. The number of carbonyl (C=O) groups is 4. The van der Waals surface area contributed by atoms with Gasteiger partial charge in [0.05, 0.1) is 36.2 Å². The van der Waals surface area contributed by atoms with Gasteiger partial charge in [0, 0.05) is 29.0 Å². The number of esters is 2. The fraction of sp³-hybridized carbons (Fsp3) is 0.368. The minimum Gasteiger partial charge on any atom is -0.466 e. The number of carbonyl (C=O) groups excluding carboxylic acids is 4. The minimum absolute atomic E-state index is 0.0247. The first-order valence-electron chi connectivity index (χ1n) is 16.7. The SMILES string of the molecule is CCOC(=O)C[C@H]1[C@H](/C=C/C(=O)OC)[C@@H](c2ccccc2[N+](=O)[O-])[C@@H]([N+](=O)[O-])[C@@H]1[C@@]1(c2ccccc2)C(=O)N(C(=O)OC(C)(C)C)c2ccccc21. The number of ether oxygens (including phenoxy) is 3. The number of anilines is 1. The van der Waals surface area contributed by atoms with E-state index in [0.29, 0.717) is 0 Å². The second-order valence-corrected chi connectivity index (χ2v) is 13.6. The second kappa shape index (κ2) is 14.7. The number of nitro benzene ring substituents is 1. The zero-order valence-corrected chi connectivity index (χ0v) is 29.3. The van der Waals surface area contributed by atoms with Crippen molar-refractivity contribution >= 4 is 35.3 Å². The summed E-state index contributed by atoms with van der Waals surface area (Å²) in [5, 5.41) is 26.2. The van der Waals surface area contributed by atoms with Crippen molar-refractivity contribution in [2.24, 2.45) is 17.8 Å². The summed E-state index contributed by atoms with van der Waals surface area (Å²) in [6.45, 7) is 6.46. The number of imide groups is 1. The molecule has 0 unspecified atom stereocenters. The number of nitrogens with zero attached hydrogens (tertiary/aromatic N) is 3. The van der Waals surface area contributed by atoms with Gasteiger partial charge in [0.1, 0.15) is 11.0 Å². The molecule has 0 radical (unpaired) electrons.